The highest BCUT2D eigenvalue weighted by atomic mass is 32.2. The molecule has 7 nitrogen and oxygen atoms in total. The van der Waals surface area contributed by atoms with Crippen LogP contribution in [0.5, 0.6) is 0 Å². The minimum atomic E-state index is -4.10. The third-order valence-corrected chi connectivity index (χ3v) is 1.95. The fourth-order valence-electron chi connectivity index (χ4n) is 0.938. The highest BCUT2D eigenvalue weighted by Gasteiger charge is 2.07. The van der Waals surface area contributed by atoms with Crippen molar-refractivity contribution in [3.8, 4) is 0 Å². The van der Waals surface area contributed by atoms with Gasteiger partial charge in [0.05, 0.1) is 0 Å². The lowest BCUT2D eigenvalue weighted by Crippen LogP contribution is -2.38. The predicted octanol–water partition coefficient (Wildman–Crippen LogP) is -1.07. The standard InChI is InChI=1S/C8H10N4O3S/c9-8(12-16(10,14)15)11-7(13)6-4-2-1-3-5-6/h1-5H,(H2,10,14,15)(H3,9,11,12,13). The molecule has 1 aromatic carbocycles. The van der Waals surface area contributed by atoms with Crippen molar-refractivity contribution in [1.29, 1.82) is 0 Å². The summed E-state index contributed by atoms with van der Waals surface area (Å²) < 4.78 is 23.9. The number of hydrogen-bond acceptors (Lipinski definition) is 3. The smallest absolute Gasteiger partial charge is 0.320 e. The molecule has 0 saturated heterocycles. The van der Waals surface area contributed by atoms with Gasteiger partial charge < -0.3 is 5.73 Å². The number of guanidine groups is 1. The third kappa shape index (κ3) is 4.07. The number of carbonyl (C=O) groups excluding carboxylic acids is 1. The van der Waals surface area contributed by atoms with E-state index in [1.54, 1.807) is 30.3 Å². The molecule has 0 spiro atoms. The van der Waals surface area contributed by atoms with Crippen LogP contribution in [0.4, 0.5) is 0 Å². The van der Waals surface area contributed by atoms with E-state index >= 15 is 0 Å². The first-order valence-corrected chi connectivity index (χ1v) is 5.63. The van der Waals surface area contributed by atoms with Crippen LogP contribution in [0.2, 0.25) is 0 Å². The molecule has 1 amide bonds. The summed E-state index contributed by atoms with van der Waals surface area (Å²) in [5, 5.41) is 6.69. The van der Waals surface area contributed by atoms with Gasteiger partial charge in [0.25, 0.3) is 5.91 Å². The Morgan fingerprint density at radius 3 is 2.31 bits per heavy atom. The maximum atomic E-state index is 11.4. The van der Waals surface area contributed by atoms with Gasteiger partial charge in [0.15, 0.2) is 0 Å². The van der Waals surface area contributed by atoms with Gasteiger partial charge >= 0.3 is 10.2 Å². The second-order valence-corrected chi connectivity index (χ2v) is 4.02. The molecule has 0 aliphatic heterocycles. The lowest BCUT2D eigenvalue weighted by Gasteiger charge is -2.02. The van der Waals surface area contributed by atoms with Crippen molar-refractivity contribution in [2.24, 2.45) is 15.3 Å². The van der Waals surface area contributed by atoms with Gasteiger partial charge in [-0.25, -0.2) is 5.14 Å². The Bertz CT molecular complexity index is 509. The van der Waals surface area contributed by atoms with Gasteiger partial charge in [-0.05, 0) is 12.1 Å². The molecule has 0 radical (unpaired) electrons. The summed E-state index contributed by atoms with van der Waals surface area (Å²) in [6.45, 7) is 0. The molecule has 0 atom stereocenters. The first kappa shape index (κ1) is 12.1. The molecule has 0 aliphatic carbocycles. The van der Waals surface area contributed by atoms with Gasteiger partial charge in [-0.1, -0.05) is 18.2 Å². The number of rotatable bonds is 2. The monoisotopic (exact) mass is 242 g/mol. The Hall–Kier alpha value is -1.93. The van der Waals surface area contributed by atoms with Gasteiger partial charge in [-0.3, -0.25) is 10.1 Å². The lowest BCUT2D eigenvalue weighted by molar-refractivity contribution is 0.0977. The van der Waals surface area contributed by atoms with E-state index in [-0.39, 0.29) is 0 Å². The predicted molar refractivity (Wildman–Crippen MR) is 58.6 cm³/mol. The second-order valence-electron chi connectivity index (χ2n) is 2.81. The van der Waals surface area contributed by atoms with Gasteiger partial charge in [0.2, 0.25) is 5.96 Å². The summed E-state index contributed by atoms with van der Waals surface area (Å²) >= 11 is 0. The largest absolute Gasteiger partial charge is 0.369 e. The Morgan fingerprint density at radius 2 is 1.81 bits per heavy atom. The van der Waals surface area contributed by atoms with E-state index in [0.29, 0.717) is 5.56 Å². The fraction of sp³-hybridized carbons (Fsp3) is 0. The third-order valence-electron chi connectivity index (χ3n) is 1.50. The van der Waals surface area contributed by atoms with Crippen LogP contribution in [0.15, 0.2) is 34.7 Å². The maximum absolute atomic E-state index is 11.4. The summed E-state index contributed by atoms with van der Waals surface area (Å²) in [6, 6.07) is 8.13. The van der Waals surface area contributed by atoms with E-state index < -0.39 is 22.1 Å². The number of hydrogen-bond donors (Lipinski definition) is 3. The van der Waals surface area contributed by atoms with E-state index in [9.17, 15) is 13.2 Å². The normalized spacial score (nSPS) is 12.2. The summed E-state index contributed by atoms with van der Waals surface area (Å²) in [4.78, 5) is 11.4. The fourth-order valence-corrected chi connectivity index (χ4v) is 1.26. The number of nitrogens with one attached hydrogen (secondary N) is 1. The van der Waals surface area contributed by atoms with Crippen LogP contribution in [0.3, 0.4) is 0 Å². The van der Waals surface area contributed by atoms with Crippen LogP contribution >= 0.6 is 0 Å². The topological polar surface area (TPSA) is 128 Å². The molecule has 0 aromatic heterocycles. The molecule has 0 heterocycles. The number of carbonyl (C=O) groups is 1. The van der Waals surface area contributed by atoms with E-state index in [4.69, 9.17) is 5.73 Å². The van der Waals surface area contributed by atoms with Crippen LogP contribution in [0, 0.1) is 0 Å². The molecule has 1 rings (SSSR count). The molecular formula is C8H10N4O3S. The highest BCUT2D eigenvalue weighted by molar-refractivity contribution is 7.88. The van der Waals surface area contributed by atoms with Crippen molar-refractivity contribution < 1.29 is 13.2 Å². The molecule has 16 heavy (non-hydrogen) atoms. The summed E-state index contributed by atoms with van der Waals surface area (Å²) in [5.74, 6) is -1.14. The zero-order chi connectivity index (χ0) is 12.2. The molecule has 0 fully saturated rings. The quantitative estimate of drug-likeness (QED) is 0.450. The number of amides is 1. The van der Waals surface area contributed by atoms with Crippen molar-refractivity contribution in [1.82, 2.24) is 5.32 Å². The van der Waals surface area contributed by atoms with Gasteiger partial charge in [-0.15, -0.1) is 4.40 Å². The van der Waals surface area contributed by atoms with Gasteiger partial charge in [-0.2, -0.15) is 8.42 Å². The van der Waals surface area contributed by atoms with E-state index in [1.165, 1.54) is 0 Å². The Labute approximate surface area is 92.3 Å². The average Bonchev–Trinajstić information content (AvgIpc) is 2.16. The summed E-state index contributed by atoms with van der Waals surface area (Å²) in [6.07, 6.45) is 0. The molecule has 0 saturated carbocycles. The molecule has 0 unspecified atom stereocenters. The van der Waals surface area contributed by atoms with Gasteiger partial charge in [0.1, 0.15) is 0 Å². The minimum Gasteiger partial charge on any atom is -0.369 e. The van der Waals surface area contributed by atoms with E-state index in [1.807, 2.05) is 0 Å². The van der Waals surface area contributed by atoms with Crippen molar-refractivity contribution in [2.75, 3.05) is 0 Å². The SMILES string of the molecule is NC(=NS(N)(=O)=O)NC(=O)c1ccccc1. The van der Waals surface area contributed by atoms with Crippen LogP contribution in [-0.2, 0) is 10.2 Å². The maximum Gasteiger partial charge on any atom is 0.320 e. The number of nitrogens with two attached hydrogens (primary N) is 2. The Kier molecular flexibility index (Phi) is 3.59. The van der Waals surface area contributed by atoms with Gasteiger partial charge in [0, 0.05) is 5.56 Å². The Morgan fingerprint density at radius 1 is 1.25 bits per heavy atom. The zero-order valence-electron chi connectivity index (χ0n) is 8.12. The Balaban J connectivity index is 2.77. The number of nitrogens with zero attached hydrogens (tertiary/aromatic N) is 1. The minimum absolute atomic E-state index is 0.329. The van der Waals surface area contributed by atoms with E-state index in [0.717, 1.165) is 0 Å². The molecule has 86 valence electrons. The first-order chi connectivity index (χ1) is 7.38. The van der Waals surface area contributed by atoms with Crippen LogP contribution < -0.4 is 16.2 Å². The van der Waals surface area contributed by atoms with Crippen molar-refractivity contribution >= 4 is 22.1 Å². The second kappa shape index (κ2) is 4.73. The van der Waals surface area contributed by atoms with Crippen LogP contribution in [0.1, 0.15) is 10.4 Å². The molecule has 0 aliphatic rings. The van der Waals surface area contributed by atoms with Crippen LogP contribution in [0.25, 0.3) is 0 Å². The molecular weight excluding hydrogens is 232 g/mol. The van der Waals surface area contributed by atoms with Crippen LogP contribution in [-0.4, -0.2) is 20.3 Å². The molecule has 1 aromatic rings. The zero-order valence-corrected chi connectivity index (χ0v) is 8.94. The molecule has 8 heteroatoms. The first-order valence-electron chi connectivity index (χ1n) is 4.13. The average molecular weight is 242 g/mol. The van der Waals surface area contributed by atoms with Crippen molar-refractivity contribution in [3.63, 3.8) is 0 Å². The van der Waals surface area contributed by atoms with Crippen molar-refractivity contribution in [2.45, 2.75) is 0 Å². The number of benzene rings is 1. The molecule has 5 N–H and O–H groups in total. The van der Waals surface area contributed by atoms with Crippen molar-refractivity contribution in [3.05, 3.63) is 35.9 Å². The van der Waals surface area contributed by atoms with E-state index in [2.05, 4.69) is 14.9 Å². The highest BCUT2D eigenvalue weighted by Crippen LogP contribution is 1.97. The summed E-state index contributed by atoms with van der Waals surface area (Å²) in [7, 11) is -4.10. The lowest BCUT2D eigenvalue weighted by atomic mass is 10.2. The molecule has 0 bridgehead atoms. The summed E-state index contributed by atoms with van der Waals surface area (Å²) in [5.41, 5.74) is 5.49.